The molecule has 72 valence electrons. The summed E-state index contributed by atoms with van der Waals surface area (Å²) >= 11 is 1.98. The molecule has 1 aromatic carbocycles. The molecule has 0 bridgehead atoms. The average molecular weight is 293 g/mol. The third-order valence-electron chi connectivity index (χ3n) is 2.05. The van der Waals surface area contributed by atoms with E-state index in [4.69, 9.17) is 5.73 Å². The molecular weight excluding hydrogens is 280 g/mol. The van der Waals surface area contributed by atoms with Crippen LogP contribution in [0.25, 0.3) is 0 Å². The van der Waals surface area contributed by atoms with Gasteiger partial charge in [-0.25, -0.2) is 4.39 Å². The third kappa shape index (κ3) is 2.64. The Morgan fingerprint density at radius 2 is 2.00 bits per heavy atom. The second-order valence-corrected chi connectivity index (χ2v) is 4.61. The van der Waals surface area contributed by atoms with Gasteiger partial charge in [-0.1, -0.05) is 19.9 Å². The minimum absolute atomic E-state index is 0.00545. The molecule has 2 N–H and O–H groups in total. The maximum absolute atomic E-state index is 12.9. The van der Waals surface area contributed by atoms with Gasteiger partial charge in [0, 0.05) is 9.61 Å². The second kappa shape index (κ2) is 4.37. The summed E-state index contributed by atoms with van der Waals surface area (Å²) in [6.07, 6.45) is 0. The van der Waals surface area contributed by atoms with Gasteiger partial charge in [-0.3, -0.25) is 0 Å². The Morgan fingerprint density at radius 3 is 2.46 bits per heavy atom. The molecule has 0 aliphatic rings. The molecule has 13 heavy (non-hydrogen) atoms. The molecule has 0 amide bonds. The quantitative estimate of drug-likeness (QED) is 0.833. The van der Waals surface area contributed by atoms with Crippen LogP contribution in [0, 0.1) is 15.3 Å². The highest BCUT2D eigenvalue weighted by atomic mass is 127. The fourth-order valence-electron chi connectivity index (χ4n) is 1.10. The Morgan fingerprint density at radius 1 is 1.38 bits per heavy atom. The molecule has 0 aromatic heterocycles. The van der Waals surface area contributed by atoms with Gasteiger partial charge in [-0.15, -0.1) is 0 Å². The van der Waals surface area contributed by atoms with E-state index >= 15 is 0 Å². The van der Waals surface area contributed by atoms with Gasteiger partial charge in [-0.2, -0.15) is 0 Å². The molecule has 0 aliphatic heterocycles. The minimum atomic E-state index is -0.180. The molecular formula is C10H13FIN. The summed E-state index contributed by atoms with van der Waals surface area (Å²) in [4.78, 5) is 0. The van der Waals surface area contributed by atoms with Gasteiger partial charge in [0.2, 0.25) is 0 Å². The lowest BCUT2D eigenvalue weighted by Gasteiger charge is -2.16. The van der Waals surface area contributed by atoms with Crippen molar-refractivity contribution in [1.29, 1.82) is 0 Å². The van der Waals surface area contributed by atoms with Gasteiger partial charge in [0.25, 0.3) is 0 Å². The molecule has 1 atom stereocenters. The van der Waals surface area contributed by atoms with E-state index in [9.17, 15) is 4.39 Å². The van der Waals surface area contributed by atoms with E-state index in [1.54, 1.807) is 12.1 Å². The van der Waals surface area contributed by atoms with Crippen LogP contribution in [-0.2, 0) is 0 Å². The zero-order valence-electron chi connectivity index (χ0n) is 7.72. The van der Waals surface area contributed by atoms with Crippen molar-refractivity contribution in [1.82, 2.24) is 0 Å². The summed E-state index contributed by atoms with van der Waals surface area (Å²) in [5, 5.41) is 0. The molecule has 0 heterocycles. The number of benzene rings is 1. The lowest BCUT2D eigenvalue weighted by Crippen LogP contribution is -2.16. The zero-order chi connectivity index (χ0) is 10.0. The average Bonchev–Trinajstić information content (AvgIpc) is 2.08. The third-order valence-corrected chi connectivity index (χ3v) is 2.87. The van der Waals surface area contributed by atoms with Gasteiger partial charge < -0.3 is 5.73 Å². The van der Waals surface area contributed by atoms with Crippen molar-refractivity contribution in [2.45, 2.75) is 19.9 Å². The first kappa shape index (κ1) is 10.9. The molecule has 0 aliphatic carbocycles. The van der Waals surface area contributed by atoms with Crippen molar-refractivity contribution in [3.63, 3.8) is 0 Å². The monoisotopic (exact) mass is 293 g/mol. The summed E-state index contributed by atoms with van der Waals surface area (Å²) in [7, 11) is 0. The Hall–Kier alpha value is -0.160. The Bertz CT molecular complexity index is 299. The molecule has 0 fully saturated rings. The number of nitrogens with two attached hydrogens (primary N) is 1. The molecule has 1 nitrogen and oxygen atoms in total. The van der Waals surface area contributed by atoms with Gasteiger partial charge >= 0.3 is 0 Å². The lowest BCUT2D eigenvalue weighted by molar-refractivity contribution is 0.512. The first-order valence-electron chi connectivity index (χ1n) is 4.23. The molecule has 1 rings (SSSR count). The van der Waals surface area contributed by atoms with Crippen LogP contribution < -0.4 is 5.73 Å². The number of hydrogen-bond acceptors (Lipinski definition) is 1. The van der Waals surface area contributed by atoms with Gasteiger partial charge in [0.15, 0.2) is 0 Å². The summed E-state index contributed by atoms with van der Waals surface area (Å²) in [6, 6.07) is 5.02. The molecule has 0 saturated carbocycles. The van der Waals surface area contributed by atoms with Crippen LogP contribution in [0.4, 0.5) is 4.39 Å². The van der Waals surface area contributed by atoms with Crippen LogP contribution >= 0.6 is 22.6 Å². The molecule has 0 saturated heterocycles. The summed E-state index contributed by atoms with van der Waals surface area (Å²) in [6.45, 7) is 4.11. The van der Waals surface area contributed by atoms with E-state index in [-0.39, 0.29) is 11.9 Å². The topological polar surface area (TPSA) is 26.0 Å². The number of rotatable bonds is 2. The van der Waals surface area contributed by atoms with E-state index in [0.717, 1.165) is 5.56 Å². The summed E-state index contributed by atoms with van der Waals surface area (Å²) in [5.41, 5.74) is 6.93. The SMILES string of the molecule is CC(C)[C@@H](N)c1ccc(F)c(I)c1. The first-order valence-corrected chi connectivity index (χ1v) is 5.30. The first-order chi connectivity index (χ1) is 6.02. The number of hydrogen-bond donors (Lipinski definition) is 1. The van der Waals surface area contributed by atoms with Crippen molar-refractivity contribution in [3.8, 4) is 0 Å². The largest absolute Gasteiger partial charge is 0.324 e. The normalized spacial score (nSPS) is 13.4. The van der Waals surface area contributed by atoms with E-state index in [1.807, 2.05) is 22.6 Å². The maximum Gasteiger partial charge on any atom is 0.136 e. The molecule has 0 unspecified atom stereocenters. The summed E-state index contributed by atoms with van der Waals surface area (Å²) < 4.78 is 13.5. The highest BCUT2D eigenvalue weighted by Gasteiger charge is 2.11. The van der Waals surface area contributed by atoms with Crippen LogP contribution in [0.1, 0.15) is 25.5 Å². The fraction of sp³-hybridized carbons (Fsp3) is 0.400. The maximum atomic E-state index is 12.9. The zero-order valence-corrected chi connectivity index (χ0v) is 9.88. The Labute approximate surface area is 91.7 Å². The van der Waals surface area contributed by atoms with Crippen molar-refractivity contribution in [2.24, 2.45) is 11.7 Å². The van der Waals surface area contributed by atoms with E-state index in [1.165, 1.54) is 6.07 Å². The number of halogens is 2. The van der Waals surface area contributed by atoms with Gasteiger partial charge in [0.1, 0.15) is 5.82 Å². The van der Waals surface area contributed by atoms with Crippen molar-refractivity contribution >= 4 is 22.6 Å². The Kier molecular flexibility index (Phi) is 3.67. The molecule has 1 aromatic rings. The van der Waals surface area contributed by atoms with E-state index in [2.05, 4.69) is 13.8 Å². The standard InChI is InChI=1S/C10H13FIN/c1-6(2)10(13)7-3-4-8(11)9(12)5-7/h3-6,10H,13H2,1-2H3/t10-/m1/s1. The van der Waals surface area contributed by atoms with Crippen molar-refractivity contribution in [2.75, 3.05) is 0 Å². The van der Waals surface area contributed by atoms with Crippen LogP contribution in [0.5, 0.6) is 0 Å². The van der Waals surface area contributed by atoms with Crippen LogP contribution in [0.2, 0.25) is 0 Å². The highest BCUT2D eigenvalue weighted by molar-refractivity contribution is 14.1. The van der Waals surface area contributed by atoms with Crippen molar-refractivity contribution in [3.05, 3.63) is 33.1 Å². The second-order valence-electron chi connectivity index (χ2n) is 3.44. The van der Waals surface area contributed by atoms with E-state index < -0.39 is 0 Å². The van der Waals surface area contributed by atoms with Crippen LogP contribution in [0.15, 0.2) is 18.2 Å². The van der Waals surface area contributed by atoms with Crippen molar-refractivity contribution < 1.29 is 4.39 Å². The minimum Gasteiger partial charge on any atom is -0.324 e. The van der Waals surface area contributed by atoms with Gasteiger partial charge in [0.05, 0.1) is 0 Å². The fourth-order valence-corrected chi connectivity index (χ4v) is 1.64. The van der Waals surface area contributed by atoms with Gasteiger partial charge in [-0.05, 0) is 46.2 Å². The van der Waals surface area contributed by atoms with E-state index in [0.29, 0.717) is 9.49 Å². The lowest BCUT2D eigenvalue weighted by atomic mass is 9.97. The Balaban J connectivity index is 2.97. The molecule has 3 heteroatoms. The molecule has 0 radical (unpaired) electrons. The predicted octanol–water partition coefficient (Wildman–Crippen LogP) is 3.09. The predicted molar refractivity (Wildman–Crippen MR) is 60.9 cm³/mol. The summed E-state index contributed by atoms with van der Waals surface area (Å²) in [5.74, 6) is 0.196. The van der Waals surface area contributed by atoms with Crippen LogP contribution in [-0.4, -0.2) is 0 Å². The van der Waals surface area contributed by atoms with Crippen LogP contribution in [0.3, 0.4) is 0 Å². The smallest absolute Gasteiger partial charge is 0.136 e. The highest BCUT2D eigenvalue weighted by Crippen LogP contribution is 2.21. The molecule has 0 spiro atoms.